The van der Waals surface area contributed by atoms with E-state index in [-0.39, 0.29) is 11.0 Å². The number of hydrazine groups is 1. The van der Waals surface area contributed by atoms with Gasteiger partial charge in [0.15, 0.2) is 5.11 Å². The highest BCUT2D eigenvalue weighted by Crippen LogP contribution is 2.27. The van der Waals surface area contributed by atoms with Gasteiger partial charge in [-0.15, -0.1) is 0 Å². The van der Waals surface area contributed by atoms with Gasteiger partial charge in [-0.05, 0) is 43.8 Å². The lowest BCUT2D eigenvalue weighted by Gasteiger charge is -2.22. The Kier molecular flexibility index (Phi) is 5.14. The summed E-state index contributed by atoms with van der Waals surface area (Å²) in [5.41, 5.74) is 12.6. The normalized spacial score (nSPS) is 10.5. The number of hydrogen-bond acceptors (Lipinski definition) is 3. The average Bonchev–Trinajstić information content (AvgIpc) is 2.65. The molecule has 6 heteroatoms. The van der Waals surface area contributed by atoms with Crippen molar-refractivity contribution in [1.82, 2.24) is 15.4 Å². The number of nitrogens with zero attached hydrogens (tertiary/aromatic N) is 2. The number of fused-ring (bicyclic) bond motifs is 1. The highest BCUT2D eigenvalue weighted by Gasteiger charge is 2.17. The minimum Gasteiger partial charge on any atom is -0.375 e. The number of carbonyl (C=O) groups is 1. The molecule has 0 aliphatic rings. The lowest BCUT2D eigenvalue weighted by molar-refractivity contribution is 0.0876. The molecule has 3 rings (SSSR count). The lowest BCUT2D eigenvalue weighted by Crippen LogP contribution is -2.48. The number of carbonyl (C=O) groups excluding carboxylic acids is 1. The Balaban J connectivity index is 2.13. The highest BCUT2D eigenvalue weighted by molar-refractivity contribution is 7.80. The van der Waals surface area contributed by atoms with Crippen LogP contribution >= 0.6 is 12.2 Å². The largest absolute Gasteiger partial charge is 0.375 e. The number of nitrogens with one attached hydrogen (secondary N) is 1. The Morgan fingerprint density at radius 1 is 1.19 bits per heavy atom. The Labute approximate surface area is 157 Å². The molecule has 0 aliphatic heterocycles. The van der Waals surface area contributed by atoms with Crippen molar-refractivity contribution < 1.29 is 4.79 Å². The maximum atomic E-state index is 12.9. The van der Waals surface area contributed by atoms with E-state index in [2.05, 4.69) is 5.43 Å². The molecule has 3 aromatic rings. The monoisotopic (exact) mass is 364 g/mol. The van der Waals surface area contributed by atoms with Crippen LogP contribution in [0.15, 0.2) is 54.6 Å². The van der Waals surface area contributed by atoms with E-state index in [1.165, 1.54) is 5.01 Å². The molecule has 0 aliphatic carbocycles. The highest BCUT2D eigenvalue weighted by atomic mass is 32.1. The summed E-state index contributed by atoms with van der Waals surface area (Å²) in [4.78, 5) is 17.6. The first kappa shape index (κ1) is 17.8. The van der Waals surface area contributed by atoms with Gasteiger partial charge in [-0.1, -0.05) is 42.5 Å². The number of para-hydroxylation sites is 1. The Morgan fingerprint density at radius 2 is 1.88 bits per heavy atom. The number of aryl methyl sites for hydroxylation is 1. The number of benzene rings is 2. The summed E-state index contributed by atoms with van der Waals surface area (Å²) < 4.78 is 0. The van der Waals surface area contributed by atoms with Crippen LogP contribution in [0.2, 0.25) is 0 Å². The van der Waals surface area contributed by atoms with Gasteiger partial charge >= 0.3 is 0 Å². The summed E-state index contributed by atoms with van der Waals surface area (Å²) >= 11 is 4.98. The topological polar surface area (TPSA) is 71.2 Å². The molecule has 0 spiro atoms. The third kappa shape index (κ3) is 3.50. The maximum absolute atomic E-state index is 12.9. The van der Waals surface area contributed by atoms with Crippen LogP contribution in [-0.2, 0) is 0 Å². The second-order valence-corrected chi connectivity index (χ2v) is 6.33. The van der Waals surface area contributed by atoms with Gasteiger partial charge < -0.3 is 5.73 Å². The first-order chi connectivity index (χ1) is 12.5. The minimum absolute atomic E-state index is 0.123. The van der Waals surface area contributed by atoms with E-state index in [0.717, 1.165) is 27.7 Å². The van der Waals surface area contributed by atoms with E-state index in [1.807, 2.05) is 68.4 Å². The molecule has 3 N–H and O–H groups in total. The molecule has 26 heavy (non-hydrogen) atoms. The van der Waals surface area contributed by atoms with Crippen LogP contribution < -0.4 is 11.2 Å². The summed E-state index contributed by atoms with van der Waals surface area (Å²) in [5, 5.41) is 2.35. The molecule has 1 amide bonds. The van der Waals surface area contributed by atoms with Crippen molar-refractivity contribution in [3.05, 3.63) is 65.7 Å². The Bertz CT molecular complexity index is 986. The van der Waals surface area contributed by atoms with Crippen molar-refractivity contribution in [1.29, 1.82) is 0 Å². The van der Waals surface area contributed by atoms with Gasteiger partial charge in [0.25, 0.3) is 5.91 Å². The third-order valence-electron chi connectivity index (χ3n) is 4.20. The molecule has 0 bridgehead atoms. The van der Waals surface area contributed by atoms with Gasteiger partial charge in [0.2, 0.25) is 0 Å². The summed E-state index contributed by atoms with van der Waals surface area (Å²) in [6, 6.07) is 17.4. The fourth-order valence-electron chi connectivity index (χ4n) is 2.83. The van der Waals surface area contributed by atoms with Crippen molar-refractivity contribution in [2.24, 2.45) is 5.73 Å². The van der Waals surface area contributed by atoms with Gasteiger partial charge in [-0.3, -0.25) is 15.2 Å². The lowest BCUT2D eigenvalue weighted by atomic mass is 10.0. The van der Waals surface area contributed by atoms with E-state index in [0.29, 0.717) is 12.1 Å². The number of thiocarbonyl (C=S) groups is 1. The number of amides is 1. The number of aromatic nitrogens is 1. The van der Waals surface area contributed by atoms with E-state index in [4.69, 9.17) is 22.9 Å². The number of pyridine rings is 1. The van der Waals surface area contributed by atoms with Crippen LogP contribution in [0.4, 0.5) is 0 Å². The number of nitrogens with two attached hydrogens (primary N) is 1. The molecular formula is C20H20N4OS. The quantitative estimate of drug-likeness (QED) is 0.550. The summed E-state index contributed by atoms with van der Waals surface area (Å²) in [6.45, 7) is 4.37. The van der Waals surface area contributed by atoms with Gasteiger partial charge in [0.1, 0.15) is 0 Å². The van der Waals surface area contributed by atoms with Crippen LogP contribution in [-0.4, -0.2) is 27.6 Å². The zero-order valence-corrected chi connectivity index (χ0v) is 15.5. The molecule has 2 aromatic carbocycles. The van der Waals surface area contributed by atoms with Gasteiger partial charge in [0.05, 0.1) is 16.8 Å². The van der Waals surface area contributed by atoms with E-state index in [9.17, 15) is 4.79 Å². The van der Waals surface area contributed by atoms with Crippen LogP contribution in [0, 0.1) is 6.92 Å². The predicted molar refractivity (Wildman–Crippen MR) is 109 cm³/mol. The molecule has 0 radical (unpaired) electrons. The summed E-state index contributed by atoms with van der Waals surface area (Å²) in [5.74, 6) is -0.270. The molecule has 0 atom stereocenters. The van der Waals surface area contributed by atoms with Crippen LogP contribution in [0.5, 0.6) is 0 Å². The first-order valence-corrected chi connectivity index (χ1v) is 8.75. The van der Waals surface area contributed by atoms with Gasteiger partial charge in [0, 0.05) is 17.5 Å². The van der Waals surface area contributed by atoms with Gasteiger partial charge in [-0.2, -0.15) is 0 Å². The summed E-state index contributed by atoms with van der Waals surface area (Å²) in [6.07, 6.45) is 0. The minimum atomic E-state index is -0.270. The van der Waals surface area contributed by atoms with E-state index >= 15 is 0 Å². The third-order valence-corrected chi connectivity index (χ3v) is 4.42. The zero-order valence-electron chi connectivity index (χ0n) is 14.7. The molecule has 0 saturated heterocycles. The molecule has 1 aromatic heterocycles. The van der Waals surface area contributed by atoms with Crippen molar-refractivity contribution in [3.63, 3.8) is 0 Å². The fourth-order valence-corrected chi connectivity index (χ4v) is 3.01. The Hall–Kier alpha value is -2.99. The second-order valence-electron chi connectivity index (χ2n) is 5.91. The van der Waals surface area contributed by atoms with Crippen molar-refractivity contribution in [2.45, 2.75) is 13.8 Å². The fraction of sp³-hybridized carbons (Fsp3) is 0.150. The first-order valence-electron chi connectivity index (χ1n) is 8.35. The zero-order chi connectivity index (χ0) is 18.7. The van der Waals surface area contributed by atoms with Gasteiger partial charge in [-0.25, -0.2) is 4.98 Å². The number of hydrogen-bond donors (Lipinski definition) is 2. The second kappa shape index (κ2) is 7.49. The average molecular weight is 364 g/mol. The standard InChI is InChI=1S/C20H20N4OS/c1-3-24(20(21)26)23-19(25)16-12-18(14-9-5-4-8-13(14)2)22-17-11-7-6-10-15(16)17/h4-12H,3H2,1-2H3,(H2,21,26)(H,23,25). The molecule has 1 heterocycles. The number of rotatable bonds is 3. The predicted octanol–water partition coefficient (Wildman–Crippen LogP) is 3.42. The molecule has 5 nitrogen and oxygen atoms in total. The molecule has 0 fully saturated rings. The van der Waals surface area contributed by atoms with Crippen LogP contribution in [0.3, 0.4) is 0 Å². The van der Waals surface area contributed by atoms with Crippen molar-refractivity contribution >= 4 is 34.1 Å². The van der Waals surface area contributed by atoms with E-state index < -0.39 is 0 Å². The van der Waals surface area contributed by atoms with Crippen LogP contribution in [0.25, 0.3) is 22.2 Å². The van der Waals surface area contributed by atoms with Crippen LogP contribution in [0.1, 0.15) is 22.8 Å². The molecule has 0 unspecified atom stereocenters. The Morgan fingerprint density at radius 3 is 2.58 bits per heavy atom. The SMILES string of the molecule is CCN(NC(=O)c1cc(-c2ccccc2C)nc2ccccc12)C(N)=S. The smallest absolute Gasteiger partial charge is 0.270 e. The maximum Gasteiger partial charge on any atom is 0.270 e. The van der Waals surface area contributed by atoms with Crippen molar-refractivity contribution in [2.75, 3.05) is 6.54 Å². The molecule has 132 valence electrons. The molecule has 0 saturated carbocycles. The van der Waals surface area contributed by atoms with E-state index in [1.54, 1.807) is 0 Å². The molecular weight excluding hydrogens is 344 g/mol. The summed E-state index contributed by atoms with van der Waals surface area (Å²) in [7, 11) is 0. The van der Waals surface area contributed by atoms with Crippen molar-refractivity contribution in [3.8, 4) is 11.3 Å².